The first-order valence-electron chi connectivity index (χ1n) is 7.81. The van der Waals surface area contributed by atoms with Gasteiger partial charge in [0.2, 0.25) is 0 Å². The van der Waals surface area contributed by atoms with Gasteiger partial charge >= 0.3 is 0 Å². The number of piperazine rings is 1. The first-order chi connectivity index (χ1) is 8.85. The Morgan fingerprint density at radius 2 is 2.06 bits per heavy atom. The van der Waals surface area contributed by atoms with Crippen molar-refractivity contribution in [2.75, 3.05) is 33.4 Å². The number of nitrogens with one attached hydrogen (secondary N) is 1. The summed E-state index contributed by atoms with van der Waals surface area (Å²) in [6, 6.07) is 1.55. The van der Waals surface area contributed by atoms with Gasteiger partial charge in [-0.25, -0.2) is 0 Å². The number of ether oxygens (including phenoxy) is 1. The van der Waals surface area contributed by atoms with Crippen molar-refractivity contribution in [3.05, 3.63) is 0 Å². The maximum absolute atomic E-state index is 5.11. The number of hydrogen-bond donors (Lipinski definition) is 1. The average molecular weight is 254 g/mol. The van der Waals surface area contributed by atoms with E-state index in [1.54, 1.807) is 7.11 Å². The average Bonchev–Trinajstić information content (AvgIpc) is 3.22. The van der Waals surface area contributed by atoms with Crippen molar-refractivity contribution in [3.8, 4) is 0 Å². The highest BCUT2D eigenvalue weighted by Crippen LogP contribution is 2.34. The molecule has 18 heavy (non-hydrogen) atoms. The molecule has 2 atom stereocenters. The third-order valence-electron chi connectivity index (χ3n) is 4.52. The standard InChI is InChI=1S/C15H30N2O/c1-3-14-11-16-15(13-7-8-13)12-17(14)9-5-4-6-10-18-2/h13-16H,3-12H2,1-2H3. The molecule has 2 aliphatic rings. The summed E-state index contributed by atoms with van der Waals surface area (Å²) in [7, 11) is 1.80. The van der Waals surface area contributed by atoms with Crippen molar-refractivity contribution in [1.29, 1.82) is 0 Å². The summed E-state index contributed by atoms with van der Waals surface area (Å²) in [5, 5.41) is 3.76. The minimum absolute atomic E-state index is 0.766. The van der Waals surface area contributed by atoms with Gasteiger partial charge in [0, 0.05) is 38.9 Å². The Kier molecular flexibility index (Phi) is 5.93. The van der Waals surface area contributed by atoms with Gasteiger partial charge in [0.1, 0.15) is 0 Å². The summed E-state index contributed by atoms with van der Waals surface area (Å²) in [5.41, 5.74) is 0. The number of hydrogen-bond acceptors (Lipinski definition) is 3. The van der Waals surface area contributed by atoms with Crippen molar-refractivity contribution >= 4 is 0 Å². The highest BCUT2D eigenvalue weighted by atomic mass is 16.5. The van der Waals surface area contributed by atoms with E-state index in [0.29, 0.717) is 0 Å². The third-order valence-corrected chi connectivity index (χ3v) is 4.52. The number of rotatable bonds is 8. The summed E-state index contributed by atoms with van der Waals surface area (Å²) < 4.78 is 5.11. The maximum atomic E-state index is 5.11. The fourth-order valence-electron chi connectivity index (χ4n) is 3.11. The molecule has 0 aromatic heterocycles. The molecule has 106 valence electrons. The fourth-order valence-corrected chi connectivity index (χ4v) is 3.11. The molecular weight excluding hydrogens is 224 g/mol. The van der Waals surface area contributed by atoms with Crippen LogP contribution in [-0.4, -0.2) is 50.3 Å². The Hall–Kier alpha value is -0.120. The van der Waals surface area contributed by atoms with Crippen molar-refractivity contribution in [1.82, 2.24) is 10.2 Å². The van der Waals surface area contributed by atoms with E-state index in [4.69, 9.17) is 4.74 Å². The predicted octanol–water partition coefficient (Wildman–Crippen LogP) is 2.27. The SMILES string of the molecule is CCC1CNC(C2CC2)CN1CCCCCOC. The van der Waals surface area contributed by atoms with Crippen LogP contribution >= 0.6 is 0 Å². The molecule has 2 rings (SSSR count). The molecular formula is C15H30N2O. The summed E-state index contributed by atoms with van der Waals surface area (Å²) in [6.07, 6.45) is 8.04. The maximum Gasteiger partial charge on any atom is 0.0462 e. The minimum Gasteiger partial charge on any atom is -0.385 e. The first kappa shape index (κ1) is 14.3. The smallest absolute Gasteiger partial charge is 0.0462 e. The van der Waals surface area contributed by atoms with Gasteiger partial charge in [0.05, 0.1) is 0 Å². The summed E-state index contributed by atoms with van der Waals surface area (Å²) in [4.78, 5) is 2.74. The van der Waals surface area contributed by atoms with E-state index in [1.807, 2.05) is 0 Å². The van der Waals surface area contributed by atoms with Crippen molar-refractivity contribution in [2.24, 2.45) is 5.92 Å². The Morgan fingerprint density at radius 3 is 2.72 bits per heavy atom. The van der Waals surface area contributed by atoms with Gasteiger partial charge in [0.15, 0.2) is 0 Å². The normalized spacial score (nSPS) is 29.7. The quantitative estimate of drug-likeness (QED) is 0.673. The molecule has 0 aromatic rings. The van der Waals surface area contributed by atoms with Crippen LogP contribution in [0.5, 0.6) is 0 Å². The van der Waals surface area contributed by atoms with Crippen LogP contribution in [-0.2, 0) is 4.74 Å². The van der Waals surface area contributed by atoms with Crippen molar-refractivity contribution in [3.63, 3.8) is 0 Å². The monoisotopic (exact) mass is 254 g/mol. The molecule has 0 amide bonds. The van der Waals surface area contributed by atoms with Crippen LogP contribution in [0, 0.1) is 5.92 Å². The lowest BCUT2D eigenvalue weighted by Crippen LogP contribution is -2.57. The lowest BCUT2D eigenvalue weighted by Gasteiger charge is -2.40. The lowest BCUT2D eigenvalue weighted by molar-refractivity contribution is 0.115. The molecule has 1 saturated heterocycles. The molecule has 0 bridgehead atoms. The first-order valence-corrected chi connectivity index (χ1v) is 7.81. The van der Waals surface area contributed by atoms with Gasteiger partial charge in [0.25, 0.3) is 0 Å². The lowest BCUT2D eigenvalue weighted by atomic mass is 10.0. The van der Waals surface area contributed by atoms with Crippen molar-refractivity contribution in [2.45, 2.75) is 57.5 Å². The van der Waals surface area contributed by atoms with E-state index < -0.39 is 0 Å². The molecule has 1 saturated carbocycles. The van der Waals surface area contributed by atoms with Gasteiger partial charge in [-0.15, -0.1) is 0 Å². The summed E-state index contributed by atoms with van der Waals surface area (Å²) in [5.74, 6) is 0.985. The molecule has 3 heteroatoms. The molecule has 1 N–H and O–H groups in total. The zero-order valence-electron chi connectivity index (χ0n) is 12.2. The molecule has 2 unspecified atom stereocenters. The van der Waals surface area contributed by atoms with Crippen LogP contribution in [0.3, 0.4) is 0 Å². The number of nitrogens with zero attached hydrogens (tertiary/aromatic N) is 1. The molecule has 2 fully saturated rings. The van der Waals surface area contributed by atoms with E-state index in [-0.39, 0.29) is 0 Å². The van der Waals surface area contributed by atoms with Crippen LogP contribution < -0.4 is 5.32 Å². The van der Waals surface area contributed by atoms with E-state index in [1.165, 1.54) is 58.2 Å². The van der Waals surface area contributed by atoms with Crippen molar-refractivity contribution < 1.29 is 4.74 Å². The molecule has 0 aromatic carbocycles. The van der Waals surface area contributed by atoms with E-state index >= 15 is 0 Å². The predicted molar refractivity (Wildman–Crippen MR) is 75.9 cm³/mol. The van der Waals surface area contributed by atoms with Crippen LogP contribution in [0.15, 0.2) is 0 Å². The molecule has 1 aliphatic heterocycles. The Balaban J connectivity index is 1.68. The van der Waals surface area contributed by atoms with Gasteiger partial charge in [-0.05, 0) is 51.0 Å². The van der Waals surface area contributed by atoms with Gasteiger partial charge in [-0.1, -0.05) is 6.92 Å². The molecule has 1 heterocycles. The molecule has 0 radical (unpaired) electrons. The number of methoxy groups -OCH3 is 1. The second kappa shape index (κ2) is 7.46. The minimum atomic E-state index is 0.766. The van der Waals surface area contributed by atoms with Crippen LogP contribution in [0.4, 0.5) is 0 Å². The Morgan fingerprint density at radius 1 is 1.22 bits per heavy atom. The highest BCUT2D eigenvalue weighted by molar-refractivity contribution is 4.94. The fraction of sp³-hybridized carbons (Fsp3) is 1.00. The summed E-state index contributed by atoms with van der Waals surface area (Å²) in [6.45, 7) is 7.02. The van der Waals surface area contributed by atoms with E-state index in [0.717, 1.165) is 24.6 Å². The van der Waals surface area contributed by atoms with Crippen LogP contribution in [0.1, 0.15) is 45.4 Å². The van der Waals surface area contributed by atoms with Crippen LogP contribution in [0.2, 0.25) is 0 Å². The number of unbranched alkanes of at least 4 members (excludes halogenated alkanes) is 2. The topological polar surface area (TPSA) is 24.5 Å². The zero-order chi connectivity index (χ0) is 12.8. The Labute approximate surface area is 112 Å². The summed E-state index contributed by atoms with van der Waals surface area (Å²) >= 11 is 0. The second-order valence-electron chi connectivity index (χ2n) is 5.96. The van der Waals surface area contributed by atoms with E-state index in [2.05, 4.69) is 17.1 Å². The molecule has 3 nitrogen and oxygen atoms in total. The molecule has 1 aliphatic carbocycles. The second-order valence-corrected chi connectivity index (χ2v) is 5.96. The van der Waals surface area contributed by atoms with Gasteiger partial charge in [-0.3, -0.25) is 4.90 Å². The van der Waals surface area contributed by atoms with E-state index in [9.17, 15) is 0 Å². The highest BCUT2D eigenvalue weighted by Gasteiger charge is 2.36. The third kappa shape index (κ3) is 4.22. The van der Waals surface area contributed by atoms with Gasteiger partial charge in [-0.2, -0.15) is 0 Å². The Bertz CT molecular complexity index is 231. The largest absolute Gasteiger partial charge is 0.385 e. The zero-order valence-corrected chi connectivity index (χ0v) is 12.2. The van der Waals surface area contributed by atoms with Crippen LogP contribution in [0.25, 0.3) is 0 Å². The van der Waals surface area contributed by atoms with Gasteiger partial charge < -0.3 is 10.1 Å². The molecule has 0 spiro atoms.